The van der Waals surface area contributed by atoms with Crippen molar-refractivity contribution in [2.45, 2.75) is 49.6 Å². The number of anilines is 3. The van der Waals surface area contributed by atoms with Crippen molar-refractivity contribution in [1.29, 1.82) is 0 Å². The fraction of sp³-hybridized carbons (Fsp3) is 0.364. The monoisotopic (exact) mass is 668 g/mol. The van der Waals surface area contributed by atoms with Crippen LogP contribution >= 0.6 is 0 Å². The molecule has 2 aliphatic heterocycles. The van der Waals surface area contributed by atoms with Crippen molar-refractivity contribution >= 4 is 33.5 Å². The summed E-state index contributed by atoms with van der Waals surface area (Å²) < 4.78 is 75.6. The van der Waals surface area contributed by atoms with Gasteiger partial charge in [-0.15, -0.1) is 0 Å². The first kappa shape index (κ1) is 32.5. The van der Waals surface area contributed by atoms with Crippen LogP contribution in [0.2, 0.25) is 0 Å². The van der Waals surface area contributed by atoms with Crippen LogP contribution in [0.4, 0.5) is 30.7 Å². The number of nitrogens with one attached hydrogen (secondary N) is 2. The number of carbonyl (C=O) groups excluding carboxylic acids is 1. The summed E-state index contributed by atoms with van der Waals surface area (Å²) in [7, 11) is -3.51. The maximum atomic E-state index is 13.9. The van der Waals surface area contributed by atoms with Crippen LogP contribution in [-0.2, 0) is 22.7 Å². The molecule has 0 unspecified atom stereocenters. The van der Waals surface area contributed by atoms with Crippen LogP contribution in [0.1, 0.15) is 59.0 Å². The van der Waals surface area contributed by atoms with Gasteiger partial charge in [0, 0.05) is 32.7 Å². The molecule has 4 aromatic rings. The summed E-state index contributed by atoms with van der Waals surface area (Å²) >= 11 is 0. The summed E-state index contributed by atoms with van der Waals surface area (Å²) in [6.07, 6.45) is -1.31. The Morgan fingerprint density at radius 1 is 0.872 bits per heavy atom. The molecule has 0 bridgehead atoms. The Hall–Kier alpha value is -4.43. The molecule has 47 heavy (non-hydrogen) atoms. The predicted octanol–water partition coefficient (Wildman–Crippen LogP) is 5.81. The van der Waals surface area contributed by atoms with E-state index in [9.17, 15) is 26.4 Å². The molecule has 0 spiro atoms. The van der Waals surface area contributed by atoms with Gasteiger partial charge in [0.25, 0.3) is 11.9 Å². The third-order valence-corrected chi connectivity index (χ3v) is 10.6. The normalized spacial score (nSPS) is 16.7. The summed E-state index contributed by atoms with van der Waals surface area (Å²) in [5, 5.41) is 1.90. The third-order valence-electron chi connectivity index (χ3n) is 8.66. The third kappa shape index (κ3) is 7.76. The number of aromatic nitrogens is 2. The molecular weight excluding hydrogens is 633 g/mol. The van der Waals surface area contributed by atoms with Crippen LogP contribution in [0.5, 0.6) is 0 Å². The summed E-state index contributed by atoms with van der Waals surface area (Å²) in [4.78, 5) is 24.6. The number of rotatable bonds is 9. The lowest BCUT2D eigenvalue weighted by Gasteiger charge is -2.32. The van der Waals surface area contributed by atoms with E-state index in [2.05, 4.69) is 20.0 Å². The second-order valence-electron chi connectivity index (χ2n) is 11.7. The molecule has 2 aromatic heterocycles. The lowest BCUT2D eigenvalue weighted by Crippen LogP contribution is -2.43. The number of carbonyl (C=O) groups is 1. The van der Waals surface area contributed by atoms with Crippen molar-refractivity contribution in [2.75, 3.05) is 41.3 Å². The Morgan fingerprint density at radius 3 is 2.13 bits per heavy atom. The van der Waals surface area contributed by atoms with Crippen LogP contribution in [0.15, 0.2) is 83.4 Å². The fourth-order valence-corrected chi connectivity index (χ4v) is 7.48. The number of hydrogen-bond acceptors (Lipinski definition) is 8. The second-order valence-corrected chi connectivity index (χ2v) is 13.8. The minimum Gasteiger partial charge on any atom is -0.417 e. The zero-order valence-electron chi connectivity index (χ0n) is 25.5. The molecule has 2 fully saturated rings. The Labute approximate surface area is 271 Å². The number of amides is 1. The molecule has 0 radical (unpaired) electrons. The average Bonchev–Trinajstić information content (AvgIpc) is 3.56. The smallest absolute Gasteiger partial charge is 0.417 e. The van der Waals surface area contributed by atoms with Gasteiger partial charge in [-0.05, 0) is 54.9 Å². The molecule has 2 aromatic carbocycles. The highest BCUT2D eigenvalue weighted by Gasteiger charge is 2.42. The van der Waals surface area contributed by atoms with Gasteiger partial charge in [0.15, 0.2) is 5.69 Å². The van der Waals surface area contributed by atoms with Gasteiger partial charge >= 0.3 is 6.18 Å². The highest BCUT2D eigenvalue weighted by atomic mass is 32.2. The van der Waals surface area contributed by atoms with E-state index in [1.54, 1.807) is 11.0 Å². The molecule has 248 valence electrons. The van der Waals surface area contributed by atoms with Crippen molar-refractivity contribution < 1.29 is 30.8 Å². The summed E-state index contributed by atoms with van der Waals surface area (Å²) in [5.74, 6) is -1.15. The van der Waals surface area contributed by atoms with Gasteiger partial charge in [-0.1, -0.05) is 60.7 Å². The van der Waals surface area contributed by atoms with Crippen LogP contribution in [-0.4, -0.2) is 55.7 Å². The van der Waals surface area contributed by atoms with Gasteiger partial charge in [0.1, 0.15) is 5.82 Å². The number of halogens is 3. The topological polar surface area (TPSA) is 121 Å². The molecule has 1 amide bonds. The highest BCUT2D eigenvalue weighted by molar-refractivity contribution is 7.90. The largest absolute Gasteiger partial charge is 0.437 e. The Kier molecular flexibility index (Phi) is 9.50. The van der Waals surface area contributed by atoms with Crippen LogP contribution in [0.25, 0.3) is 0 Å². The summed E-state index contributed by atoms with van der Waals surface area (Å²) in [6.45, 7) is 2.02. The standard InChI is InChI=1S/C33H35F3N6O4S/c34-33(35,36)30-29(46-32(40-30)42-17-13-25(14-18-42)24-9-5-2-6-10-24)31(43)39-26-11-12-28(37-22-26)41-19-15-27(16-20-41)47(44,45)38-21-23-7-3-1-4-8-23/h1-12,22,25,27,38H,13-21H2,(H,39,43). The van der Waals surface area contributed by atoms with Crippen LogP contribution in [0, 0.1) is 0 Å². The molecule has 0 saturated carbocycles. The first-order valence-corrected chi connectivity index (χ1v) is 17.0. The van der Waals surface area contributed by atoms with E-state index >= 15 is 0 Å². The zero-order chi connectivity index (χ0) is 33.0. The number of benzene rings is 2. The van der Waals surface area contributed by atoms with Crippen molar-refractivity contribution in [3.05, 3.63) is 102 Å². The van der Waals surface area contributed by atoms with E-state index < -0.39 is 38.8 Å². The number of pyridine rings is 1. The minimum atomic E-state index is -4.89. The molecule has 4 heterocycles. The van der Waals surface area contributed by atoms with Crippen molar-refractivity contribution in [3.63, 3.8) is 0 Å². The number of hydrogen-bond donors (Lipinski definition) is 2. The molecule has 2 N–H and O–H groups in total. The number of oxazole rings is 1. The second kappa shape index (κ2) is 13.7. The van der Waals surface area contributed by atoms with E-state index in [0.717, 1.165) is 5.56 Å². The summed E-state index contributed by atoms with van der Waals surface area (Å²) in [5.41, 5.74) is 0.855. The predicted molar refractivity (Wildman–Crippen MR) is 172 cm³/mol. The van der Waals surface area contributed by atoms with E-state index in [0.29, 0.717) is 57.7 Å². The summed E-state index contributed by atoms with van der Waals surface area (Å²) in [6, 6.07) is 22.2. The molecule has 10 nitrogen and oxygen atoms in total. The van der Waals surface area contributed by atoms with E-state index in [-0.39, 0.29) is 24.2 Å². The van der Waals surface area contributed by atoms with Gasteiger partial charge in [0.2, 0.25) is 15.8 Å². The molecular formula is C33H35F3N6O4S. The Bertz CT molecular complexity index is 1750. The van der Waals surface area contributed by atoms with Gasteiger partial charge in [-0.3, -0.25) is 4.79 Å². The lowest BCUT2D eigenvalue weighted by molar-refractivity contribution is -0.141. The first-order valence-electron chi connectivity index (χ1n) is 15.5. The number of alkyl halides is 3. The molecule has 2 saturated heterocycles. The van der Waals surface area contributed by atoms with Gasteiger partial charge in [-0.25, -0.2) is 18.1 Å². The van der Waals surface area contributed by atoms with Crippen LogP contribution < -0.4 is 19.8 Å². The molecule has 0 atom stereocenters. The lowest BCUT2D eigenvalue weighted by atomic mass is 9.90. The van der Waals surface area contributed by atoms with Crippen molar-refractivity contribution in [1.82, 2.24) is 14.7 Å². The zero-order valence-corrected chi connectivity index (χ0v) is 26.3. The average molecular weight is 669 g/mol. The van der Waals surface area contributed by atoms with Crippen LogP contribution in [0.3, 0.4) is 0 Å². The van der Waals surface area contributed by atoms with E-state index in [1.165, 1.54) is 17.8 Å². The van der Waals surface area contributed by atoms with Gasteiger partial charge in [0.05, 0.1) is 17.1 Å². The first-order chi connectivity index (χ1) is 22.6. The molecule has 14 heteroatoms. The number of sulfonamides is 1. The van der Waals surface area contributed by atoms with Crippen molar-refractivity contribution in [2.24, 2.45) is 0 Å². The SMILES string of the molecule is O=C(Nc1ccc(N2CCC(S(=O)(=O)NCc3ccccc3)CC2)nc1)c1oc(N2CCC(c3ccccc3)CC2)nc1C(F)(F)F. The van der Waals surface area contributed by atoms with Gasteiger partial charge in [-0.2, -0.15) is 18.2 Å². The highest BCUT2D eigenvalue weighted by Crippen LogP contribution is 2.36. The maximum Gasteiger partial charge on any atom is 0.437 e. The number of nitrogens with zero attached hydrogens (tertiary/aromatic N) is 4. The van der Waals surface area contributed by atoms with E-state index in [4.69, 9.17) is 4.42 Å². The molecule has 0 aliphatic carbocycles. The van der Waals surface area contributed by atoms with E-state index in [1.807, 2.05) is 65.6 Å². The molecule has 2 aliphatic rings. The van der Waals surface area contributed by atoms with Gasteiger partial charge < -0.3 is 19.5 Å². The molecule has 6 rings (SSSR count). The maximum absolute atomic E-state index is 13.9. The number of piperidine rings is 2. The minimum absolute atomic E-state index is 0.177. The Balaban J connectivity index is 1.05. The fourth-order valence-electron chi connectivity index (χ4n) is 6.05. The van der Waals surface area contributed by atoms with Crippen molar-refractivity contribution in [3.8, 4) is 0 Å². The Morgan fingerprint density at radius 2 is 1.51 bits per heavy atom. The quantitative estimate of drug-likeness (QED) is 0.229.